The normalized spacial score (nSPS) is 10.6. The molecule has 0 saturated carbocycles. The number of aromatic nitrogens is 2. The van der Waals surface area contributed by atoms with Crippen LogP contribution in [0.15, 0.2) is 53.3 Å². The molecule has 0 fully saturated rings. The van der Waals surface area contributed by atoms with Gasteiger partial charge in [0.15, 0.2) is 0 Å². The lowest BCUT2D eigenvalue weighted by molar-refractivity contribution is 0.102. The van der Waals surface area contributed by atoms with E-state index in [2.05, 4.69) is 31.2 Å². The van der Waals surface area contributed by atoms with Gasteiger partial charge in [0.25, 0.3) is 5.91 Å². The molecule has 0 atom stereocenters. The van der Waals surface area contributed by atoms with Crippen molar-refractivity contribution in [3.05, 3.63) is 64.4 Å². The Morgan fingerprint density at radius 2 is 1.81 bits per heavy atom. The van der Waals surface area contributed by atoms with Crippen LogP contribution in [0.3, 0.4) is 0 Å². The highest BCUT2D eigenvalue weighted by Gasteiger charge is 2.10. The maximum atomic E-state index is 12.3. The predicted octanol–water partition coefficient (Wildman–Crippen LogP) is 3.95. The number of nitrogens with zero attached hydrogens (tertiary/aromatic N) is 2. The van der Waals surface area contributed by atoms with Gasteiger partial charge in [-0.25, -0.2) is 0 Å². The van der Waals surface area contributed by atoms with Crippen molar-refractivity contribution in [1.29, 1.82) is 0 Å². The zero-order valence-electron chi connectivity index (χ0n) is 11.3. The SMILES string of the molecule is Cc1ccc(C(=O)Nc2ccc3nccnc3c2)c(Br)c1. The second-order valence-corrected chi connectivity index (χ2v) is 5.55. The Hall–Kier alpha value is -2.27. The Morgan fingerprint density at radius 1 is 1.05 bits per heavy atom. The summed E-state index contributed by atoms with van der Waals surface area (Å²) in [5, 5.41) is 2.87. The van der Waals surface area contributed by atoms with Crippen molar-refractivity contribution in [2.45, 2.75) is 6.92 Å². The number of anilines is 1. The number of carbonyl (C=O) groups is 1. The molecule has 5 heteroatoms. The Morgan fingerprint density at radius 3 is 2.57 bits per heavy atom. The molecule has 3 aromatic rings. The Kier molecular flexibility index (Phi) is 3.66. The van der Waals surface area contributed by atoms with Crippen molar-refractivity contribution in [2.75, 3.05) is 5.32 Å². The molecule has 2 aromatic carbocycles. The quantitative estimate of drug-likeness (QED) is 0.767. The lowest BCUT2D eigenvalue weighted by Crippen LogP contribution is -2.12. The number of halogens is 1. The Balaban J connectivity index is 1.89. The number of nitrogens with one attached hydrogen (secondary N) is 1. The van der Waals surface area contributed by atoms with Gasteiger partial charge in [0.05, 0.1) is 16.6 Å². The Bertz CT molecular complexity index is 833. The van der Waals surface area contributed by atoms with Crippen LogP contribution >= 0.6 is 15.9 Å². The van der Waals surface area contributed by atoms with E-state index in [0.29, 0.717) is 11.3 Å². The number of rotatable bonds is 2. The molecular formula is C16H12BrN3O. The van der Waals surface area contributed by atoms with Crippen LogP contribution < -0.4 is 5.32 Å². The number of amides is 1. The van der Waals surface area contributed by atoms with Gasteiger partial charge < -0.3 is 5.32 Å². The summed E-state index contributed by atoms with van der Waals surface area (Å²) in [6, 6.07) is 11.1. The van der Waals surface area contributed by atoms with Gasteiger partial charge in [-0.3, -0.25) is 14.8 Å². The van der Waals surface area contributed by atoms with Crippen LogP contribution in [0.4, 0.5) is 5.69 Å². The fourth-order valence-electron chi connectivity index (χ4n) is 2.04. The van der Waals surface area contributed by atoms with Gasteiger partial charge in [0.2, 0.25) is 0 Å². The van der Waals surface area contributed by atoms with Crippen LogP contribution in [0.1, 0.15) is 15.9 Å². The first-order chi connectivity index (χ1) is 10.1. The van der Waals surface area contributed by atoms with Crippen molar-refractivity contribution in [2.24, 2.45) is 0 Å². The smallest absolute Gasteiger partial charge is 0.256 e. The topological polar surface area (TPSA) is 54.9 Å². The van der Waals surface area contributed by atoms with Gasteiger partial charge >= 0.3 is 0 Å². The fourth-order valence-corrected chi connectivity index (χ4v) is 2.72. The summed E-state index contributed by atoms with van der Waals surface area (Å²) in [6.45, 7) is 1.98. The molecule has 0 spiro atoms. The average molecular weight is 342 g/mol. The largest absolute Gasteiger partial charge is 0.322 e. The van der Waals surface area contributed by atoms with E-state index in [1.165, 1.54) is 0 Å². The molecule has 1 aromatic heterocycles. The van der Waals surface area contributed by atoms with Crippen LogP contribution in [0.5, 0.6) is 0 Å². The van der Waals surface area contributed by atoms with Crippen molar-refractivity contribution in [1.82, 2.24) is 9.97 Å². The van der Waals surface area contributed by atoms with Crippen molar-refractivity contribution in [3.63, 3.8) is 0 Å². The summed E-state index contributed by atoms with van der Waals surface area (Å²) in [4.78, 5) is 20.7. The van der Waals surface area contributed by atoms with Gasteiger partial charge in [-0.05, 0) is 58.7 Å². The highest BCUT2D eigenvalue weighted by atomic mass is 79.9. The van der Waals surface area contributed by atoms with Crippen molar-refractivity contribution >= 4 is 38.6 Å². The zero-order chi connectivity index (χ0) is 14.8. The number of hydrogen-bond acceptors (Lipinski definition) is 3. The average Bonchev–Trinajstić information content (AvgIpc) is 2.47. The lowest BCUT2D eigenvalue weighted by Gasteiger charge is -2.08. The van der Waals surface area contributed by atoms with Crippen LogP contribution in [0, 0.1) is 6.92 Å². The molecule has 0 aliphatic heterocycles. The number of carbonyl (C=O) groups excluding carboxylic acids is 1. The number of fused-ring (bicyclic) bond motifs is 1. The molecule has 1 heterocycles. The molecule has 1 N–H and O–H groups in total. The third-order valence-corrected chi connectivity index (χ3v) is 3.75. The summed E-state index contributed by atoms with van der Waals surface area (Å²) in [5.41, 5.74) is 3.94. The maximum absolute atomic E-state index is 12.3. The highest BCUT2D eigenvalue weighted by Crippen LogP contribution is 2.21. The summed E-state index contributed by atoms with van der Waals surface area (Å²) in [6.07, 6.45) is 3.27. The predicted molar refractivity (Wildman–Crippen MR) is 86.4 cm³/mol. The highest BCUT2D eigenvalue weighted by molar-refractivity contribution is 9.10. The minimum atomic E-state index is -0.162. The van der Waals surface area contributed by atoms with Gasteiger partial charge in [0.1, 0.15) is 0 Å². The summed E-state index contributed by atoms with van der Waals surface area (Å²) in [7, 11) is 0. The van der Waals surface area contributed by atoms with E-state index >= 15 is 0 Å². The summed E-state index contributed by atoms with van der Waals surface area (Å²) >= 11 is 3.42. The van der Waals surface area contributed by atoms with Crippen molar-refractivity contribution in [3.8, 4) is 0 Å². The van der Waals surface area contributed by atoms with E-state index in [1.54, 1.807) is 18.5 Å². The molecule has 3 rings (SSSR count). The second kappa shape index (κ2) is 5.61. The van der Waals surface area contributed by atoms with Crippen LogP contribution in [0.2, 0.25) is 0 Å². The fraction of sp³-hybridized carbons (Fsp3) is 0.0625. The minimum Gasteiger partial charge on any atom is -0.322 e. The van der Waals surface area contributed by atoms with Crippen LogP contribution in [-0.2, 0) is 0 Å². The molecule has 104 valence electrons. The van der Waals surface area contributed by atoms with Gasteiger partial charge in [-0.2, -0.15) is 0 Å². The second-order valence-electron chi connectivity index (χ2n) is 4.70. The van der Waals surface area contributed by atoms with Gasteiger partial charge in [-0.1, -0.05) is 6.07 Å². The van der Waals surface area contributed by atoms with Crippen molar-refractivity contribution < 1.29 is 4.79 Å². The first-order valence-corrected chi connectivity index (χ1v) is 7.21. The molecule has 4 nitrogen and oxygen atoms in total. The Labute approximate surface area is 130 Å². The molecule has 0 radical (unpaired) electrons. The van der Waals surface area contributed by atoms with E-state index in [4.69, 9.17) is 0 Å². The van der Waals surface area contributed by atoms with E-state index < -0.39 is 0 Å². The maximum Gasteiger partial charge on any atom is 0.256 e. The molecule has 0 unspecified atom stereocenters. The van der Waals surface area contributed by atoms with E-state index in [1.807, 2.05) is 37.3 Å². The first-order valence-electron chi connectivity index (χ1n) is 6.42. The molecular weight excluding hydrogens is 330 g/mol. The number of aryl methyl sites for hydroxylation is 1. The molecule has 0 aliphatic carbocycles. The summed E-state index contributed by atoms with van der Waals surface area (Å²) < 4.78 is 0.778. The van der Waals surface area contributed by atoms with Gasteiger partial charge in [0, 0.05) is 22.6 Å². The lowest BCUT2D eigenvalue weighted by atomic mass is 10.1. The molecule has 0 bridgehead atoms. The monoisotopic (exact) mass is 341 g/mol. The first kappa shape index (κ1) is 13.7. The van der Waals surface area contributed by atoms with Crippen LogP contribution in [-0.4, -0.2) is 15.9 Å². The molecule has 21 heavy (non-hydrogen) atoms. The summed E-state index contributed by atoms with van der Waals surface area (Å²) in [5.74, 6) is -0.162. The van der Waals surface area contributed by atoms with E-state index in [-0.39, 0.29) is 5.91 Å². The standard InChI is InChI=1S/C16H12BrN3O/c1-10-2-4-12(13(17)8-10)16(21)20-11-3-5-14-15(9-11)19-7-6-18-14/h2-9H,1H3,(H,20,21). The molecule has 0 saturated heterocycles. The molecule has 1 amide bonds. The van der Waals surface area contributed by atoms with Gasteiger partial charge in [-0.15, -0.1) is 0 Å². The third-order valence-electron chi connectivity index (χ3n) is 3.10. The molecule has 0 aliphatic rings. The van der Waals surface area contributed by atoms with Crippen LogP contribution in [0.25, 0.3) is 11.0 Å². The van der Waals surface area contributed by atoms with E-state index in [0.717, 1.165) is 21.1 Å². The third kappa shape index (κ3) is 2.92. The zero-order valence-corrected chi connectivity index (χ0v) is 12.9. The number of benzene rings is 2. The minimum absolute atomic E-state index is 0.162. The van der Waals surface area contributed by atoms with E-state index in [9.17, 15) is 4.79 Å². The number of hydrogen-bond donors (Lipinski definition) is 1.